The van der Waals surface area contributed by atoms with Crippen LogP contribution in [0.3, 0.4) is 0 Å². The van der Waals surface area contributed by atoms with Crippen molar-refractivity contribution in [3.8, 4) is 5.75 Å². The quantitative estimate of drug-likeness (QED) is 0.590. The standard InChI is InChI=1S/C19H27Cl2NO3/c1-14(2)17(24-16-8-6-15(21)7-9-16)12-19(3,13-20)25-18(23)22-10-4-5-11-22/h6-9,14,17H,4-5,10-13H2,1-3H3/t17-,19-/m0/s1. The highest BCUT2D eigenvalue weighted by Gasteiger charge is 2.35. The molecule has 0 aromatic heterocycles. The van der Waals surface area contributed by atoms with E-state index in [1.807, 2.05) is 19.1 Å². The van der Waals surface area contributed by atoms with Gasteiger partial charge in [0, 0.05) is 24.5 Å². The van der Waals surface area contributed by atoms with Gasteiger partial charge in [0.2, 0.25) is 0 Å². The summed E-state index contributed by atoms with van der Waals surface area (Å²) in [5.41, 5.74) is -0.775. The normalized spacial score (nSPS) is 18.1. The minimum Gasteiger partial charge on any atom is -0.490 e. The first-order valence-corrected chi connectivity index (χ1v) is 9.70. The lowest BCUT2D eigenvalue weighted by molar-refractivity contribution is -0.0164. The van der Waals surface area contributed by atoms with Gasteiger partial charge in [-0.2, -0.15) is 0 Å². The van der Waals surface area contributed by atoms with Gasteiger partial charge < -0.3 is 14.4 Å². The molecule has 1 amide bonds. The molecule has 1 saturated heterocycles. The number of nitrogens with zero attached hydrogens (tertiary/aromatic N) is 1. The van der Waals surface area contributed by atoms with Gasteiger partial charge in [0.15, 0.2) is 0 Å². The first-order valence-electron chi connectivity index (χ1n) is 8.79. The number of hydrogen-bond acceptors (Lipinski definition) is 3. The monoisotopic (exact) mass is 387 g/mol. The van der Waals surface area contributed by atoms with Crippen molar-refractivity contribution < 1.29 is 14.3 Å². The van der Waals surface area contributed by atoms with Crippen molar-refractivity contribution in [1.29, 1.82) is 0 Å². The van der Waals surface area contributed by atoms with Gasteiger partial charge in [-0.15, -0.1) is 11.6 Å². The summed E-state index contributed by atoms with van der Waals surface area (Å²) in [4.78, 5) is 14.1. The molecule has 0 N–H and O–H groups in total. The molecule has 0 radical (unpaired) electrons. The molecule has 6 heteroatoms. The van der Waals surface area contributed by atoms with Crippen molar-refractivity contribution in [2.75, 3.05) is 19.0 Å². The van der Waals surface area contributed by atoms with Crippen molar-refractivity contribution in [3.05, 3.63) is 29.3 Å². The molecular formula is C19H27Cl2NO3. The fraction of sp³-hybridized carbons (Fsp3) is 0.632. The van der Waals surface area contributed by atoms with Gasteiger partial charge in [-0.3, -0.25) is 0 Å². The maximum absolute atomic E-state index is 12.4. The zero-order valence-corrected chi connectivity index (χ0v) is 16.6. The number of alkyl halides is 1. The van der Waals surface area contributed by atoms with Crippen LogP contribution in [0.2, 0.25) is 5.02 Å². The third-order valence-electron chi connectivity index (χ3n) is 4.46. The second-order valence-corrected chi connectivity index (χ2v) is 7.91. The maximum atomic E-state index is 12.4. The predicted octanol–water partition coefficient (Wildman–Crippen LogP) is 5.36. The molecule has 140 valence electrons. The smallest absolute Gasteiger partial charge is 0.410 e. The minimum atomic E-state index is -0.775. The van der Waals surface area contributed by atoms with E-state index in [-0.39, 0.29) is 24.0 Å². The molecule has 0 unspecified atom stereocenters. The molecule has 1 aromatic rings. The fourth-order valence-corrected chi connectivity index (χ4v) is 3.12. The van der Waals surface area contributed by atoms with E-state index >= 15 is 0 Å². The van der Waals surface area contributed by atoms with Crippen molar-refractivity contribution in [3.63, 3.8) is 0 Å². The number of ether oxygens (including phenoxy) is 2. The van der Waals surface area contributed by atoms with Crippen molar-refractivity contribution >= 4 is 29.3 Å². The fourth-order valence-electron chi connectivity index (χ4n) is 2.83. The Hall–Kier alpha value is -1.13. The lowest BCUT2D eigenvalue weighted by Crippen LogP contribution is -2.44. The number of benzene rings is 1. The number of hydrogen-bond donors (Lipinski definition) is 0. The summed E-state index contributed by atoms with van der Waals surface area (Å²) in [6.07, 6.45) is 2.17. The number of carbonyl (C=O) groups excluding carboxylic acids is 1. The average molecular weight is 388 g/mol. The van der Waals surface area contributed by atoms with E-state index in [1.54, 1.807) is 17.0 Å². The van der Waals surface area contributed by atoms with Crippen LogP contribution in [0, 0.1) is 5.92 Å². The maximum Gasteiger partial charge on any atom is 0.410 e. The van der Waals surface area contributed by atoms with Crippen LogP contribution < -0.4 is 4.74 Å². The third-order valence-corrected chi connectivity index (χ3v) is 5.28. The Labute approximate surface area is 160 Å². The SMILES string of the molecule is CC(C)[C@H](C[C@@](C)(CCl)OC(=O)N1CCCC1)Oc1ccc(Cl)cc1. The Balaban J connectivity index is 2.03. The largest absolute Gasteiger partial charge is 0.490 e. The van der Waals surface area contributed by atoms with Crippen molar-refractivity contribution in [1.82, 2.24) is 4.90 Å². The molecule has 1 heterocycles. The van der Waals surface area contributed by atoms with E-state index in [0.717, 1.165) is 31.7 Å². The van der Waals surface area contributed by atoms with Gasteiger partial charge in [0.05, 0.1) is 5.88 Å². The van der Waals surface area contributed by atoms with E-state index < -0.39 is 5.60 Å². The lowest BCUT2D eigenvalue weighted by Gasteiger charge is -2.34. The van der Waals surface area contributed by atoms with Gasteiger partial charge in [0.25, 0.3) is 0 Å². The molecule has 1 aromatic carbocycles. The van der Waals surface area contributed by atoms with Gasteiger partial charge >= 0.3 is 6.09 Å². The first-order chi connectivity index (χ1) is 11.8. The number of carbonyl (C=O) groups is 1. The molecule has 2 atom stereocenters. The minimum absolute atomic E-state index is 0.128. The summed E-state index contributed by atoms with van der Waals surface area (Å²) in [5.74, 6) is 1.20. The molecule has 0 saturated carbocycles. The van der Waals surface area contributed by atoms with Crippen LogP contribution in [0.25, 0.3) is 0 Å². The zero-order valence-electron chi connectivity index (χ0n) is 15.1. The summed E-state index contributed by atoms with van der Waals surface area (Å²) in [6, 6.07) is 7.27. The Morgan fingerprint density at radius 3 is 2.36 bits per heavy atom. The first kappa shape index (κ1) is 20.2. The predicted molar refractivity (Wildman–Crippen MR) is 102 cm³/mol. The molecule has 4 nitrogen and oxygen atoms in total. The Bertz CT molecular complexity index is 558. The molecule has 25 heavy (non-hydrogen) atoms. The number of amides is 1. The van der Waals surface area contributed by atoms with Gasteiger partial charge in [-0.25, -0.2) is 4.79 Å². The van der Waals surface area contributed by atoms with Gasteiger partial charge in [-0.1, -0.05) is 25.4 Å². The number of halogens is 2. The Morgan fingerprint density at radius 1 is 1.24 bits per heavy atom. The van der Waals surface area contributed by atoms with E-state index in [4.69, 9.17) is 32.7 Å². The number of likely N-dealkylation sites (tertiary alicyclic amines) is 1. The van der Waals surface area contributed by atoms with Crippen LogP contribution in [-0.4, -0.2) is 41.7 Å². The number of rotatable bonds is 7. The van der Waals surface area contributed by atoms with Crippen LogP contribution in [-0.2, 0) is 4.74 Å². The highest BCUT2D eigenvalue weighted by Crippen LogP contribution is 2.28. The van der Waals surface area contributed by atoms with Crippen LogP contribution >= 0.6 is 23.2 Å². The summed E-state index contributed by atoms with van der Waals surface area (Å²) >= 11 is 12.1. The van der Waals surface area contributed by atoms with Gasteiger partial charge in [0.1, 0.15) is 17.5 Å². The van der Waals surface area contributed by atoms with Gasteiger partial charge in [-0.05, 0) is 49.9 Å². The zero-order chi connectivity index (χ0) is 18.4. The Morgan fingerprint density at radius 2 is 1.84 bits per heavy atom. The van der Waals surface area contributed by atoms with Crippen LogP contribution in [0.5, 0.6) is 5.75 Å². The van der Waals surface area contributed by atoms with E-state index in [9.17, 15) is 4.79 Å². The van der Waals surface area contributed by atoms with Crippen LogP contribution in [0.1, 0.15) is 40.0 Å². The second kappa shape index (κ2) is 9.00. The van der Waals surface area contributed by atoms with E-state index in [0.29, 0.717) is 11.4 Å². The van der Waals surface area contributed by atoms with Crippen molar-refractivity contribution in [2.45, 2.75) is 51.7 Å². The molecular weight excluding hydrogens is 361 g/mol. The summed E-state index contributed by atoms with van der Waals surface area (Å²) in [7, 11) is 0. The molecule has 0 spiro atoms. The third kappa shape index (κ3) is 5.96. The van der Waals surface area contributed by atoms with Crippen molar-refractivity contribution in [2.24, 2.45) is 5.92 Å². The summed E-state index contributed by atoms with van der Waals surface area (Å²) in [5, 5.41) is 0.665. The highest BCUT2D eigenvalue weighted by atomic mass is 35.5. The molecule has 0 aliphatic carbocycles. The molecule has 1 aliphatic heterocycles. The molecule has 2 rings (SSSR count). The van der Waals surface area contributed by atoms with Crippen LogP contribution in [0.4, 0.5) is 4.79 Å². The van der Waals surface area contributed by atoms with E-state index in [2.05, 4.69) is 13.8 Å². The second-order valence-electron chi connectivity index (χ2n) is 7.20. The summed E-state index contributed by atoms with van der Waals surface area (Å²) < 4.78 is 11.9. The lowest BCUT2D eigenvalue weighted by atomic mass is 9.93. The Kier molecular flexibility index (Phi) is 7.26. The van der Waals surface area contributed by atoms with E-state index in [1.165, 1.54) is 0 Å². The molecule has 1 fully saturated rings. The van der Waals surface area contributed by atoms with Crippen LogP contribution in [0.15, 0.2) is 24.3 Å². The highest BCUT2D eigenvalue weighted by molar-refractivity contribution is 6.30. The molecule has 1 aliphatic rings. The summed E-state index contributed by atoms with van der Waals surface area (Å²) in [6.45, 7) is 7.54. The molecule has 0 bridgehead atoms. The average Bonchev–Trinajstić information content (AvgIpc) is 3.11. The topological polar surface area (TPSA) is 38.8 Å².